The van der Waals surface area contributed by atoms with Crippen molar-refractivity contribution in [2.75, 3.05) is 7.11 Å². The highest BCUT2D eigenvalue weighted by molar-refractivity contribution is 6.08. The number of rotatable bonds is 10. The SMILES string of the molecule is CC.CC(CC(N)=O)Oc1ccc(C(C)C)cc1C(=O)/C=C/c1ccccc1.CCc1ccccc1.COC=O. The molecule has 1 unspecified atom stereocenters. The Kier molecular flexibility index (Phi) is 19.4. The zero-order valence-electron chi connectivity index (χ0n) is 24.9. The lowest BCUT2D eigenvalue weighted by Gasteiger charge is -2.17. The van der Waals surface area contributed by atoms with E-state index in [2.05, 4.69) is 49.8 Å². The van der Waals surface area contributed by atoms with Gasteiger partial charge in [0.15, 0.2) is 5.78 Å². The second-order valence-corrected chi connectivity index (χ2v) is 8.79. The van der Waals surface area contributed by atoms with Gasteiger partial charge in [-0.15, -0.1) is 0 Å². The summed E-state index contributed by atoms with van der Waals surface area (Å²) in [5.74, 6) is 0.174. The van der Waals surface area contributed by atoms with Crippen molar-refractivity contribution in [2.45, 2.75) is 66.4 Å². The first-order valence-electron chi connectivity index (χ1n) is 13.6. The summed E-state index contributed by atoms with van der Waals surface area (Å²) in [6.45, 7) is 12.4. The number of hydrogen-bond acceptors (Lipinski definition) is 5. The second kappa shape index (κ2) is 21.7. The number of allylic oxidation sites excluding steroid dienone is 1. The van der Waals surface area contributed by atoms with Gasteiger partial charge in [-0.25, -0.2) is 0 Å². The number of ether oxygens (including phenoxy) is 2. The number of primary amides is 1. The molecule has 0 radical (unpaired) electrons. The van der Waals surface area contributed by atoms with Crippen molar-refractivity contribution in [3.8, 4) is 5.75 Å². The van der Waals surface area contributed by atoms with E-state index in [1.807, 2.05) is 62.4 Å². The first-order valence-corrected chi connectivity index (χ1v) is 13.6. The van der Waals surface area contributed by atoms with Crippen LogP contribution in [-0.4, -0.2) is 31.4 Å². The molecule has 0 saturated carbocycles. The molecule has 0 bridgehead atoms. The van der Waals surface area contributed by atoms with Crippen LogP contribution >= 0.6 is 0 Å². The third-order valence-corrected chi connectivity index (χ3v) is 5.33. The van der Waals surface area contributed by atoms with Crippen LogP contribution in [0.2, 0.25) is 0 Å². The van der Waals surface area contributed by atoms with Gasteiger partial charge < -0.3 is 15.2 Å². The van der Waals surface area contributed by atoms with Crippen LogP contribution in [0.25, 0.3) is 6.08 Å². The van der Waals surface area contributed by atoms with Crippen molar-refractivity contribution in [3.63, 3.8) is 0 Å². The molecule has 216 valence electrons. The Morgan fingerprint density at radius 2 is 1.45 bits per heavy atom. The zero-order chi connectivity index (χ0) is 30.3. The number of methoxy groups -OCH3 is 1. The molecule has 6 heteroatoms. The highest BCUT2D eigenvalue weighted by Crippen LogP contribution is 2.26. The summed E-state index contributed by atoms with van der Waals surface area (Å²) in [6.07, 6.45) is 4.16. The number of benzene rings is 3. The summed E-state index contributed by atoms with van der Waals surface area (Å²) in [5.41, 5.74) is 9.12. The van der Waals surface area contributed by atoms with Gasteiger partial charge in [-0.1, -0.05) is 107 Å². The fourth-order valence-corrected chi connectivity index (χ4v) is 3.28. The van der Waals surface area contributed by atoms with E-state index in [4.69, 9.17) is 15.3 Å². The van der Waals surface area contributed by atoms with Crippen LogP contribution in [0.1, 0.15) is 80.9 Å². The van der Waals surface area contributed by atoms with E-state index in [1.54, 1.807) is 25.1 Å². The van der Waals surface area contributed by atoms with Crippen molar-refractivity contribution < 1.29 is 23.9 Å². The van der Waals surface area contributed by atoms with Crippen LogP contribution in [0.15, 0.2) is 84.9 Å². The standard InChI is InChI=1S/C22H25NO3.C8H10.C2H4O2.C2H6/c1-15(2)18-10-12-21(26-16(3)13-22(23)25)19(14-18)20(24)11-9-17-7-5-4-6-8-17;1-2-8-6-4-3-5-7-8;1-4-2-3;1-2/h4-12,14-16H,13H2,1-3H3,(H2,23,25);3-7H,2H2,1H3;2H,1H3;1-2H3/b11-9+;;;. The molecule has 0 aromatic heterocycles. The van der Waals surface area contributed by atoms with Gasteiger partial charge in [0.05, 0.1) is 19.1 Å². The zero-order valence-corrected chi connectivity index (χ0v) is 24.9. The van der Waals surface area contributed by atoms with Gasteiger partial charge in [0, 0.05) is 0 Å². The minimum absolute atomic E-state index is 0.0966. The number of carbonyl (C=O) groups excluding carboxylic acids is 3. The number of hydrogen-bond donors (Lipinski definition) is 1. The average molecular weight is 548 g/mol. The highest BCUT2D eigenvalue weighted by atomic mass is 16.5. The average Bonchev–Trinajstić information content (AvgIpc) is 2.98. The fourth-order valence-electron chi connectivity index (χ4n) is 3.28. The highest BCUT2D eigenvalue weighted by Gasteiger charge is 2.16. The molecule has 1 amide bonds. The Labute approximate surface area is 240 Å². The molecule has 0 spiro atoms. The predicted octanol–water partition coefficient (Wildman–Crippen LogP) is 7.41. The Bertz CT molecular complexity index is 1140. The molecule has 3 aromatic carbocycles. The molecular weight excluding hydrogens is 502 g/mol. The van der Waals surface area contributed by atoms with Gasteiger partial charge >= 0.3 is 0 Å². The lowest BCUT2D eigenvalue weighted by Crippen LogP contribution is -2.23. The number of carbonyl (C=O) groups is 3. The van der Waals surface area contributed by atoms with E-state index < -0.39 is 12.0 Å². The molecule has 1 atom stereocenters. The quantitative estimate of drug-likeness (QED) is 0.162. The maximum absolute atomic E-state index is 12.8. The smallest absolute Gasteiger partial charge is 0.292 e. The van der Waals surface area contributed by atoms with Crippen LogP contribution in [0, 0.1) is 0 Å². The number of nitrogens with two attached hydrogens (primary N) is 1. The summed E-state index contributed by atoms with van der Waals surface area (Å²) < 4.78 is 9.67. The molecular formula is C34H45NO5. The molecule has 2 N–H and O–H groups in total. The molecule has 0 aliphatic heterocycles. The van der Waals surface area contributed by atoms with Crippen molar-refractivity contribution in [1.29, 1.82) is 0 Å². The molecule has 0 saturated heterocycles. The Hall–Kier alpha value is -4.19. The van der Waals surface area contributed by atoms with E-state index in [1.165, 1.54) is 12.7 Å². The minimum atomic E-state index is -0.437. The summed E-state index contributed by atoms with van der Waals surface area (Å²) in [7, 11) is 1.31. The largest absolute Gasteiger partial charge is 0.489 e. The van der Waals surface area contributed by atoms with Crippen LogP contribution in [0.5, 0.6) is 5.75 Å². The number of aryl methyl sites for hydroxylation is 1. The third-order valence-electron chi connectivity index (χ3n) is 5.33. The van der Waals surface area contributed by atoms with Crippen LogP contribution in [0.4, 0.5) is 0 Å². The van der Waals surface area contributed by atoms with Gasteiger partial charge in [-0.2, -0.15) is 0 Å². The van der Waals surface area contributed by atoms with Crippen LogP contribution in [0.3, 0.4) is 0 Å². The van der Waals surface area contributed by atoms with E-state index in [-0.39, 0.29) is 18.1 Å². The van der Waals surface area contributed by atoms with Crippen molar-refractivity contribution in [2.24, 2.45) is 5.73 Å². The van der Waals surface area contributed by atoms with Crippen molar-refractivity contribution in [3.05, 3.63) is 107 Å². The van der Waals surface area contributed by atoms with E-state index >= 15 is 0 Å². The van der Waals surface area contributed by atoms with E-state index in [9.17, 15) is 9.59 Å². The number of ketones is 1. The van der Waals surface area contributed by atoms with Gasteiger partial charge in [-0.05, 0) is 54.2 Å². The Morgan fingerprint density at radius 1 is 0.900 bits per heavy atom. The molecule has 0 aliphatic carbocycles. The molecule has 0 aliphatic rings. The van der Waals surface area contributed by atoms with Crippen molar-refractivity contribution in [1.82, 2.24) is 0 Å². The molecule has 40 heavy (non-hydrogen) atoms. The predicted molar refractivity (Wildman–Crippen MR) is 164 cm³/mol. The van der Waals surface area contributed by atoms with Gasteiger partial charge in [0.25, 0.3) is 6.47 Å². The van der Waals surface area contributed by atoms with Gasteiger partial charge in [-0.3, -0.25) is 14.4 Å². The maximum Gasteiger partial charge on any atom is 0.292 e. The third kappa shape index (κ3) is 15.3. The maximum atomic E-state index is 12.8. The fraction of sp³-hybridized carbons (Fsp3) is 0.324. The van der Waals surface area contributed by atoms with Gasteiger partial charge in [0.2, 0.25) is 5.91 Å². The summed E-state index contributed by atoms with van der Waals surface area (Å²) in [4.78, 5) is 32.8. The normalized spacial score (nSPS) is 10.5. The number of amides is 1. The van der Waals surface area contributed by atoms with Gasteiger partial charge in [0.1, 0.15) is 11.9 Å². The minimum Gasteiger partial charge on any atom is -0.489 e. The Morgan fingerprint density at radius 3 is 1.90 bits per heavy atom. The Balaban J connectivity index is 0.000000892. The lowest BCUT2D eigenvalue weighted by molar-refractivity contribution is -0.126. The summed E-state index contributed by atoms with van der Waals surface area (Å²) in [6, 6.07) is 25.7. The lowest BCUT2D eigenvalue weighted by atomic mass is 9.98. The molecule has 6 nitrogen and oxygen atoms in total. The second-order valence-electron chi connectivity index (χ2n) is 8.79. The monoisotopic (exact) mass is 547 g/mol. The molecule has 0 heterocycles. The topological polar surface area (TPSA) is 95.7 Å². The first-order chi connectivity index (χ1) is 19.2. The first kappa shape index (κ1) is 35.8. The molecule has 3 rings (SSSR count). The molecule has 0 fully saturated rings. The van der Waals surface area contributed by atoms with E-state index in [0.29, 0.717) is 17.8 Å². The van der Waals surface area contributed by atoms with E-state index in [0.717, 1.165) is 17.5 Å². The molecule has 3 aromatic rings. The summed E-state index contributed by atoms with van der Waals surface area (Å²) >= 11 is 0. The van der Waals surface area contributed by atoms with Crippen LogP contribution in [-0.2, 0) is 20.7 Å². The van der Waals surface area contributed by atoms with Crippen molar-refractivity contribution >= 4 is 24.2 Å². The van der Waals surface area contributed by atoms with Crippen LogP contribution < -0.4 is 10.5 Å². The summed E-state index contributed by atoms with van der Waals surface area (Å²) in [5, 5.41) is 0.